The monoisotopic (exact) mass is 299 g/mol. The molecule has 2 rings (SSSR count). The normalized spacial score (nSPS) is 21.9. The lowest BCUT2D eigenvalue weighted by Gasteiger charge is -2.25. The molecule has 2 unspecified atom stereocenters. The Morgan fingerprint density at radius 2 is 2.15 bits per heavy atom. The Balaban J connectivity index is 0.00000200. The Hall–Kier alpha value is -1.33. The molecule has 2 atom stereocenters. The van der Waals surface area contributed by atoms with Gasteiger partial charge in [0.1, 0.15) is 5.69 Å². The SMILES string of the molecule is Cc1ccn(C)c(=O)c1NC(=O)C1CCCC(N)C1.Cl. The first-order valence-corrected chi connectivity index (χ1v) is 6.71. The van der Waals surface area contributed by atoms with Crippen molar-refractivity contribution in [3.63, 3.8) is 0 Å². The van der Waals surface area contributed by atoms with E-state index < -0.39 is 0 Å². The van der Waals surface area contributed by atoms with Gasteiger partial charge < -0.3 is 15.6 Å². The lowest BCUT2D eigenvalue weighted by molar-refractivity contribution is -0.120. The molecule has 0 bridgehead atoms. The van der Waals surface area contributed by atoms with Crippen LogP contribution in [-0.4, -0.2) is 16.5 Å². The second-order valence-electron chi connectivity index (χ2n) is 5.40. The summed E-state index contributed by atoms with van der Waals surface area (Å²) in [5.41, 5.74) is 6.89. The van der Waals surface area contributed by atoms with Gasteiger partial charge in [-0.1, -0.05) is 6.42 Å². The van der Waals surface area contributed by atoms with Crippen LogP contribution < -0.4 is 16.6 Å². The summed E-state index contributed by atoms with van der Waals surface area (Å²) in [5.74, 6) is -0.158. The van der Waals surface area contributed by atoms with E-state index in [1.807, 2.05) is 13.0 Å². The van der Waals surface area contributed by atoms with Crippen LogP contribution in [0.15, 0.2) is 17.1 Å². The fourth-order valence-electron chi connectivity index (χ4n) is 2.56. The molecular weight excluding hydrogens is 278 g/mol. The third-order valence-electron chi connectivity index (χ3n) is 3.81. The van der Waals surface area contributed by atoms with Gasteiger partial charge in [0.05, 0.1) is 0 Å². The van der Waals surface area contributed by atoms with Crippen molar-refractivity contribution in [2.75, 3.05) is 5.32 Å². The van der Waals surface area contributed by atoms with Crippen LogP contribution in [0, 0.1) is 12.8 Å². The summed E-state index contributed by atoms with van der Waals surface area (Å²) in [7, 11) is 1.67. The largest absolute Gasteiger partial charge is 0.328 e. The van der Waals surface area contributed by atoms with E-state index in [9.17, 15) is 9.59 Å². The number of anilines is 1. The lowest BCUT2D eigenvalue weighted by atomic mass is 9.85. The van der Waals surface area contributed by atoms with Gasteiger partial charge in [0.2, 0.25) is 5.91 Å². The molecular formula is C14H22ClN3O2. The van der Waals surface area contributed by atoms with Crippen molar-refractivity contribution in [2.24, 2.45) is 18.7 Å². The Morgan fingerprint density at radius 3 is 2.80 bits per heavy atom. The number of nitrogens with one attached hydrogen (secondary N) is 1. The van der Waals surface area contributed by atoms with E-state index in [0.29, 0.717) is 12.1 Å². The summed E-state index contributed by atoms with van der Waals surface area (Å²) < 4.78 is 1.47. The molecule has 1 amide bonds. The minimum Gasteiger partial charge on any atom is -0.328 e. The molecule has 1 saturated carbocycles. The van der Waals surface area contributed by atoms with E-state index in [0.717, 1.165) is 24.8 Å². The Labute approximate surface area is 125 Å². The van der Waals surface area contributed by atoms with E-state index in [1.165, 1.54) is 4.57 Å². The molecule has 0 radical (unpaired) electrons. The van der Waals surface area contributed by atoms with Crippen molar-refractivity contribution in [1.82, 2.24) is 4.57 Å². The van der Waals surface area contributed by atoms with Gasteiger partial charge in [-0.3, -0.25) is 9.59 Å². The van der Waals surface area contributed by atoms with E-state index in [2.05, 4.69) is 5.32 Å². The van der Waals surface area contributed by atoms with Gasteiger partial charge in [-0.15, -0.1) is 12.4 Å². The number of aryl methyl sites for hydroxylation is 2. The Kier molecular flexibility index (Phi) is 5.77. The van der Waals surface area contributed by atoms with Crippen LogP contribution in [0.2, 0.25) is 0 Å². The van der Waals surface area contributed by atoms with Gasteiger partial charge in [0.25, 0.3) is 5.56 Å². The molecule has 1 heterocycles. The maximum Gasteiger partial charge on any atom is 0.274 e. The van der Waals surface area contributed by atoms with Crippen LogP contribution in [0.1, 0.15) is 31.2 Å². The molecule has 20 heavy (non-hydrogen) atoms. The summed E-state index contributed by atoms with van der Waals surface area (Å²) in [6, 6.07) is 1.92. The third-order valence-corrected chi connectivity index (χ3v) is 3.81. The second kappa shape index (κ2) is 6.90. The van der Waals surface area contributed by atoms with Crippen molar-refractivity contribution in [3.8, 4) is 0 Å². The lowest BCUT2D eigenvalue weighted by Crippen LogP contribution is -2.35. The highest BCUT2D eigenvalue weighted by Gasteiger charge is 2.26. The van der Waals surface area contributed by atoms with Gasteiger partial charge in [-0.25, -0.2) is 0 Å². The molecule has 112 valence electrons. The molecule has 1 aliphatic rings. The van der Waals surface area contributed by atoms with E-state index in [4.69, 9.17) is 5.73 Å². The number of hydrogen-bond donors (Lipinski definition) is 2. The molecule has 3 N–H and O–H groups in total. The number of carbonyl (C=O) groups is 1. The van der Waals surface area contributed by atoms with Gasteiger partial charge >= 0.3 is 0 Å². The van der Waals surface area contributed by atoms with Crippen LogP contribution in [0.5, 0.6) is 0 Å². The highest BCUT2D eigenvalue weighted by molar-refractivity contribution is 5.93. The average molecular weight is 300 g/mol. The molecule has 0 aliphatic heterocycles. The predicted octanol–water partition coefficient (Wildman–Crippen LogP) is 1.57. The van der Waals surface area contributed by atoms with Gasteiger partial charge in [-0.05, 0) is 37.8 Å². The van der Waals surface area contributed by atoms with Crippen LogP contribution in [-0.2, 0) is 11.8 Å². The Bertz CT molecular complexity index is 542. The average Bonchev–Trinajstić information content (AvgIpc) is 2.39. The fourth-order valence-corrected chi connectivity index (χ4v) is 2.56. The molecule has 1 aromatic heterocycles. The smallest absolute Gasteiger partial charge is 0.274 e. The fraction of sp³-hybridized carbons (Fsp3) is 0.571. The highest BCUT2D eigenvalue weighted by Crippen LogP contribution is 2.24. The van der Waals surface area contributed by atoms with E-state index in [-0.39, 0.29) is 35.8 Å². The summed E-state index contributed by atoms with van der Waals surface area (Å²) in [5, 5.41) is 2.78. The zero-order valence-corrected chi connectivity index (χ0v) is 12.7. The number of pyridine rings is 1. The first-order chi connectivity index (χ1) is 8.99. The van der Waals surface area contributed by atoms with Crippen molar-refractivity contribution < 1.29 is 4.79 Å². The first kappa shape index (κ1) is 16.7. The maximum atomic E-state index is 12.2. The zero-order valence-electron chi connectivity index (χ0n) is 11.9. The number of hydrogen-bond acceptors (Lipinski definition) is 3. The maximum absolute atomic E-state index is 12.2. The summed E-state index contributed by atoms with van der Waals surface area (Å²) in [6.45, 7) is 1.82. The van der Waals surface area contributed by atoms with Gasteiger partial charge in [0.15, 0.2) is 0 Å². The number of nitrogens with zero attached hydrogens (tertiary/aromatic N) is 1. The quantitative estimate of drug-likeness (QED) is 0.870. The molecule has 1 aromatic rings. The van der Waals surface area contributed by atoms with Crippen LogP contribution in [0.3, 0.4) is 0 Å². The zero-order chi connectivity index (χ0) is 14.0. The number of carbonyl (C=O) groups excluding carboxylic acids is 1. The predicted molar refractivity (Wildman–Crippen MR) is 82.2 cm³/mol. The minimum atomic E-state index is -0.173. The summed E-state index contributed by atoms with van der Waals surface area (Å²) in [6.07, 6.45) is 5.22. The van der Waals surface area contributed by atoms with Crippen LogP contribution in [0.4, 0.5) is 5.69 Å². The first-order valence-electron chi connectivity index (χ1n) is 6.71. The molecule has 5 nitrogen and oxygen atoms in total. The highest BCUT2D eigenvalue weighted by atomic mass is 35.5. The standard InChI is InChI=1S/C14H21N3O2.ClH/c1-9-6-7-17(2)14(19)12(9)16-13(18)10-4-3-5-11(15)8-10;/h6-7,10-11H,3-5,8,15H2,1-2H3,(H,16,18);1H. The number of aromatic nitrogens is 1. The molecule has 6 heteroatoms. The molecule has 0 aromatic carbocycles. The minimum absolute atomic E-state index is 0. The third kappa shape index (κ3) is 3.61. The molecule has 0 spiro atoms. The Morgan fingerprint density at radius 1 is 1.45 bits per heavy atom. The van der Waals surface area contributed by atoms with E-state index >= 15 is 0 Å². The van der Waals surface area contributed by atoms with Crippen molar-refractivity contribution in [3.05, 3.63) is 28.2 Å². The van der Waals surface area contributed by atoms with Crippen molar-refractivity contribution >= 4 is 24.0 Å². The molecule has 1 aliphatic carbocycles. The topological polar surface area (TPSA) is 77.1 Å². The van der Waals surface area contributed by atoms with Crippen LogP contribution >= 0.6 is 12.4 Å². The van der Waals surface area contributed by atoms with Crippen molar-refractivity contribution in [1.29, 1.82) is 0 Å². The van der Waals surface area contributed by atoms with Gasteiger partial charge in [0, 0.05) is 25.2 Å². The number of rotatable bonds is 2. The molecule has 1 fully saturated rings. The number of halogens is 1. The van der Waals surface area contributed by atoms with Crippen LogP contribution in [0.25, 0.3) is 0 Å². The van der Waals surface area contributed by atoms with E-state index in [1.54, 1.807) is 13.2 Å². The van der Waals surface area contributed by atoms with Crippen molar-refractivity contribution in [2.45, 2.75) is 38.6 Å². The second-order valence-corrected chi connectivity index (χ2v) is 5.40. The molecule has 0 saturated heterocycles. The summed E-state index contributed by atoms with van der Waals surface area (Å²) in [4.78, 5) is 24.2. The number of nitrogens with two attached hydrogens (primary N) is 1. The summed E-state index contributed by atoms with van der Waals surface area (Å²) >= 11 is 0. The van der Waals surface area contributed by atoms with Gasteiger partial charge in [-0.2, -0.15) is 0 Å². The number of amides is 1.